The number of likely N-dealkylation sites (tertiary alicyclic amines) is 1. The Labute approximate surface area is 195 Å². The van der Waals surface area contributed by atoms with Crippen molar-refractivity contribution >= 4 is 22.6 Å². The van der Waals surface area contributed by atoms with Gasteiger partial charge in [0.15, 0.2) is 0 Å². The van der Waals surface area contributed by atoms with Crippen LogP contribution in [0.15, 0.2) is 36.5 Å². The monoisotopic (exact) mass is 447 g/mol. The quantitative estimate of drug-likeness (QED) is 0.532. The number of carboxylic acid groups (broad SMARTS) is 1. The van der Waals surface area contributed by atoms with E-state index in [0.29, 0.717) is 11.0 Å². The summed E-state index contributed by atoms with van der Waals surface area (Å²) in [6.07, 6.45) is 6.95. The third-order valence-electron chi connectivity index (χ3n) is 7.76. The maximum atomic E-state index is 11.6. The lowest BCUT2D eigenvalue weighted by Crippen LogP contribution is -2.38. The summed E-state index contributed by atoms with van der Waals surface area (Å²) < 4.78 is 5.83. The number of methoxy groups -OCH3 is 1. The van der Waals surface area contributed by atoms with Crippen LogP contribution in [-0.4, -0.2) is 48.7 Å². The number of H-pyrrole nitrogens is 1. The van der Waals surface area contributed by atoms with E-state index in [1.165, 1.54) is 41.3 Å². The number of aromatic nitrogens is 1. The Morgan fingerprint density at radius 1 is 1.24 bits per heavy atom. The highest BCUT2D eigenvalue weighted by Crippen LogP contribution is 2.59. The van der Waals surface area contributed by atoms with Crippen LogP contribution in [0.3, 0.4) is 0 Å². The highest BCUT2D eigenvalue weighted by Gasteiger charge is 2.48. The topological polar surface area (TPSA) is 68.8 Å². The molecule has 1 saturated carbocycles. The fourth-order valence-electron chi connectivity index (χ4n) is 5.63. The van der Waals surface area contributed by atoms with Gasteiger partial charge in [0, 0.05) is 55.0 Å². The van der Waals surface area contributed by atoms with E-state index in [9.17, 15) is 9.90 Å². The fraction of sp³-hybridized carbons (Fsp3) is 0.444. The number of anilines is 1. The number of nitrogens with one attached hydrogen (secondary N) is 1. The standard InChI is InChI=1S/C27H33N3O3/c1-17-13-24(33-4)21(19-7-11-28-25(17)19)16-30-12-10-27(8-9-27)15-23(30)20-6-5-18(26(31)32)14-22(20)29(2)3/h5-7,11,13-14,23,28H,8-10,12,15-16H2,1-4H3,(H,31,32)/t23-/m0/s1. The summed E-state index contributed by atoms with van der Waals surface area (Å²) in [5.41, 5.74) is 6.55. The zero-order valence-electron chi connectivity index (χ0n) is 19.9. The summed E-state index contributed by atoms with van der Waals surface area (Å²) in [5, 5.41) is 10.8. The Kier molecular flexibility index (Phi) is 5.36. The molecule has 174 valence electrons. The minimum Gasteiger partial charge on any atom is -0.496 e. The molecule has 33 heavy (non-hydrogen) atoms. The first-order valence-electron chi connectivity index (χ1n) is 11.7. The average Bonchev–Trinajstić information content (AvgIpc) is 3.35. The highest BCUT2D eigenvalue weighted by molar-refractivity contribution is 5.89. The fourth-order valence-corrected chi connectivity index (χ4v) is 5.63. The average molecular weight is 448 g/mol. The lowest BCUT2D eigenvalue weighted by atomic mass is 9.83. The molecule has 1 aliphatic heterocycles. The van der Waals surface area contributed by atoms with Gasteiger partial charge in [-0.2, -0.15) is 0 Å². The first-order valence-corrected chi connectivity index (χ1v) is 11.7. The Balaban J connectivity index is 1.57. The number of carboxylic acids is 1. The first kappa shape index (κ1) is 21.8. The van der Waals surface area contributed by atoms with Crippen molar-refractivity contribution in [1.29, 1.82) is 0 Å². The molecular weight excluding hydrogens is 414 g/mol. The van der Waals surface area contributed by atoms with Crippen molar-refractivity contribution in [3.8, 4) is 5.75 Å². The number of carbonyl (C=O) groups is 1. The normalized spacial score (nSPS) is 19.7. The molecule has 6 nitrogen and oxygen atoms in total. The number of rotatable bonds is 6. The lowest BCUT2D eigenvalue weighted by Gasteiger charge is -2.42. The van der Waals surface area contributed by atoms with Crippen molar-refractivity contribution in [2.75, 3.05) is 32.6 Å². The summed E-state index contributed by atoms with van der Waals surface area (Å²) >= 11 is 0. The van der Waals surface area contributed by atoms with Crippen molar-refractivity contribution in [3.63, 3.8) is 0 Å². The lowest BCUT2D eigenvalue weighted by molar-refractivity contribution is 0.0696. The van der Waals surface area contributed by atoms with E-state index >= 15 is 0 Å². The highest BCUT2D eigenvalue weighted by atomic mass is 16.5. The largest absolute Gasteiger partial charge is 0.496 e. The predicted octanol–water partition coefficient (Wildman–Crippen LogP) is 5.37. The number of benzene rings is 2. The van der Waals surface area contributed by atoms with Crippen molar-refractivity contribution in [2.45, 2.75) is 45.2 Å². The number of aryl methyl sites for hydroxylation is 1. The van der Waals surface area contributed by atoms with Crippen molar-refractivity contribution in [3.05, 3.63) is 58.8 Å². The number of nitrogens with zero attached hydrogens (tertiary/aromatic N) is 2. The maximum absolute atomic E-state index is 11.6. The van der Waals surface area contributed by atoms with Gasteiger partial charge < -0.3 is 19.7 Å². The predicted molar refractivity (Wildman–Crippen MR) is 131 cm³/mol. The Hall–Kier alpha value is -2.99. The van der Waals surface area contributed by atoms with Crippen LogP contribution in [0.1, 0.15) is 58.8 Å². The number of aromatic amines is 1. The van der Waals surface area contributed by atoms with Gasteiger partial charge in [-0.25, -0.2) is 4.79 Å². The van der Waals surface area contributed by atoms with Gasteiger partial charge in [-0.15, -0.1) is 0 Å². The number of ether oxygens (including phenoxy) is 1. The van der Waals surface area contributed by atoms with Crippen LogP contribution in [0.2, 0.25) is 0 Å². The molecule has 1 atom stereocenters. The van der Waals surface area contributed by atoms with Gasteiger partial charge in [0.25, 0.3) is 0 Å². The van der Waals surface area contributed by atoms with E-state index in [4.69, 9.17) is 4.74 Å². The molecule has 2 aromatic carbocycles. The zero-order chi connectivity index (χ0) is 23.3. The molecular formula is C27H33N3O3. The zero-order valence-corrected chi connectivity index (χ0v) is 19.9. The second-order valence-electron chi connectivity index (χ2n) is 10.1. The van der Waals surface area contributed by atoms with Crippen LogP contribution >= 0.6 is 0 Å². The van der Waals surface area contributed by atoms with E-state index in [-0.39, 0.29) is 6.04 Å². The van der Waals surface area contributed by atoms with Crippen LogP contribution in [0.4, 0.5) is 5.69 Å². The molecule has 0 radical (unpaired) electrons. The minimum absolute atomic E-state index is 0.237. The molecule has 0 amide bonds. The summed E-state index contributed by atoms with van der Waals surface area (Å²) in [7, 11) is 5.74. The third kappa shape index (κ3) is 3.86. The summed E-state index contributed by atoms with van der Waals surface area (Å²) in [4.78, 5) is 19.6. The third-order valence-corrected chi connectivity index (χ3v) is 7.76. The van der Waals surface area contributed by atoms with Gasteiger partial charge in [-0.1, -0.05) is 6.07 Å². The summed E-state index contributed by atoms with van der Waals surface area (Å²) in [5.74, 6) is 0.0437. The second-order valence-corrected chi connectivity index (χ2v) is 10.1. The number of hydrogen-bond donors (Lipinski definition) is 2. The molecule has 2 fully saturated rings. The molecule has 3 aromatic rings. The van der Waals surface area contributed by atoms with Crippen LogP contribution < -0.4 is 9.64 Å². The van der Waals surface area contributed by atoms with Gasteiger partial charge in [0.2, 0.25) is 0 Å². The summed E-state index contributed by atoms with van der Waals surface area (Å²) in [6, 6.07) is 10.1. The smallest absolute Gasteiger partial charge is 0.335 e. The number of fused-ring (bicyclic) bond motifs is 1. The van der Waals surface area contributed by atoms with Gasteiger partial charge in [0.1, 0.15) is 5.75 Å². The molecule has 1 aliphatic carbocycles. The molecule has 1 saturated heterocycles. The number of hydrogen-bond acceptors (Lipinski definition) is 4. The minimum atomic E-state index is -0.886. The van der Waals surface area contributed by atoms with Crippen LogP contribution in [0, 0.1) is 12.3 Å². The van der Waals surface area contributed by atoms with E-state index in [1.54, 1.807) is 13.2 Å². The molecule has 1 aromatic heterocycles. The second kappa shape index (κ2) is 8.10. The van der Waals surface area contributed by atoms with Gasteiger partial charge in [0.05, 0.1) is 12.7 Å². The van der Waals surface area contributed by atoms with Gasteiger partial charge in [-0.3, -0.25) is 4.90 Å². The number of piperidine rings is 1. The van der Waals surface area contributed by atoms with E-state index in [0.717, 1.165) is 36.5 Å². The van der Waals surface area contributed by atoms with Crippen molar-refractivity contribution in [1.82, 2.24) is 9.88 Å². The molecule has 5 rings (SSSR count). The van der Waals surface area contributed by atoms with Crippen molar-refractivity contribution in [2.24, 2.45) is 5.41 Å². The first-order chi connectivity index (χ1) is 15.8. The Morgan fingerprint density at radius 2 is 2.03 bits per heavy atom. The maximum Gasteiger partial charge on any atom is 0.335 e. The summed E-state index contributed by atoms with van der Waals surface area (Å²) in [6.45, 7) is 3.94. The molecule has 6 heteroatoms. The molecule has 2 N–H and O–H groups in total. The van der Waals surface area contributed by atoms with Gasteiger partial charge in [-0.05, 0) is 80.0 Å². The van der Waals surface area contributed by atoms with Crippen molar-refractivity contribution < 1.29 is 14.6 Å². The molecule has 0 unspecified atom stereocenters. The number of aromatic carboxylic acids is 1. The van der Waals surface area contributed by atoms with Crippen LogP contribution in [0.5, 0.6) is 5.75 Å². The van der Waals surface area contributed by atoms with E-state index < -0.39 is 5.97 Å². The van der Waals surface area contributed by atoms with E-state index in [2.05, 4.69) is 28.9 Å². The van der Waals surface area contributed by atoms with Crippen LogP contribution in [-0.2, 0) is 6.54 Å². The molecule has 2 heterocycles. The molecule has 0 bridgehead atoms. The molecule has 2 aliphatic rings. The molecule has 1 spiro atoms. The van der Waals surface area contributed by atoms with E-state index in [1.807, 2.05) is 37.3 Å². The van der Waals surface area contributed by atoms with Gasteiger partial charge >= 0.3 is 5.97 Å². The Bertz CT molecular complexity index is 1210. The van der Waals surface area contributed by atoms with Crippen LogP contribution in [0.25, 0.3) is 10.9 Å². The SMILES string of the molecule is COc1cc(C)c2[nH]ccc2c1CN1CCC2(CC2)C[C@H]1c1ccc(C(=O)O)cc1N(C)C. The Morgan fingerprint density at radius 3 is 2.70 bits per heavy atom.